The number of aromatic nitrogens is 2. The predicted molar refractivity (Wildman–Crippen MR) is 61.6 cm³/mol. The van der Waals surface area contributed by atoms with Crippen molar-refractivity contribution in [1.29, 1.82) is 0 Å². The topological polar surface area (TPSA) is 34.9 Å². The van der Waals surface area contributed by atoms with Crippen LogP contribution in [0.4, 0.5) is 0 Å². The lowest BCUT2D eigenvalue weighted by Gasteiger charge is -2.01. The molecule has 1 heterocycles. The van der Waals surface area contributed by atoms with Crippen molar-refractivity contribution in [3.63, 3.8) is 0 Å². The molecule has 0 fully saturated rings. The molecule has 0 amide bonds. The summed E-state index contributed by atoms with van der Waals surface area (Å²) in [6.45, 7) is 6.91. The Hall–Kier alpha value is -0.830. The molecule has 1 aromatic heterocycles. The van der Waals surface area contributed by atoms with E-state index in [-0.39, 0.29) is 5.92 Å². The van der Waals surface area contributed by atoms with Gasteiger partial charge in [-0.25, -0.2) is 0 Å². The first kappa shape index (κ1) is 12.2. The molecule has 0 N–H and O–H groups in total. The SMILES string of the molecule is CCCCn1nc(C(C)C)c(C=O)c1Cl. The van der Waals surface area contributed by atoms with Crippen molar-refractivity contribution >= 4 is 17.9 Å². The smallest absolute Gasteiger partial charge is 0.155 e. The van der Waals surface area contributed by atoms with Crippen molar-refractivity contribution in [3.8, 4) is 0 Å². The highest BCUT2D eigenvalue weighted by atomic mass is 35.5. The third kappa shape index (κ3) is 2.59. The Morgan fingerprint density at radius 1 is 1.53 bits per heavy atom. The van der Waals surface area contributed by atoms with Crippen molar-refractivity contribution in [1.82, 2.24) is 9.78 Å². The molecule has 0 aliphatic rings. The van der Waals surface area contributed by atoms with E-state index < -0.39 is 0 Å². The minimum atomic E-state index is 0.227. The standard InChI is InChI=1S/C11H17ClN2O/c1-4-5-6-14-11(12)9(7-15)10(13-14)8(2)3/h7-8H,4-6H2,1-3H3. The molecular weight excluding hydrogens is 212 g/mol. The second-order valence-electron chi connectivity index (χ2n) is 3.94. The van der Waals surface area contributed by atoms with Gasteiger partial charge < -0.3 is 0 Å². The van der Waals surface area contributed by atoms with E-state index in [1.54, 1.807) is 4.68 Å². The average molecular weight is 229 g/mol. The van der Waals surface area contributed by atoms with E-state index in [4.69, 9.17) is 11.6 Å². The van der Waals surface area contributed by atoms with Gasteiger partial charge in [-0.05, 0) is 12.3 Å². The highest BCUT2D eigenvalue weighted by molar-refractivity contribution is 6.32. The molecule has 0 saturated heterocycles. The zero-order chi connectivity index (χ0) is 11.4. The van der Waals surface area contributed by atoms with Crippen LogP contribution in [0.25, 0.3) is 0 Å². The van der Waals surface area contributed by atoms with Gasteiger partial charge in [0, 0.05) is 6.54 Å². The molecule has 0 bridgehead atoms. The molecule has 0 atom stereocenters. The maximum absolute atomic E-state index is 10.9. The van der Waals surface area contributed by atoms with Crippen molar-refractivity contribution in [2.45, 2.75) is 46.1 Å². The van der Waals surface area contributed by atoms with E-state index >= 15 is 0 Å². The minimum absolute atomic E-state index is 0.227. The Bertz CT molecular complexity index is 345. The van der Waals surface area contributed by atoms with Crippen LogP contribution >= 0.6 is 11.6 Å². The molecule has 0 radical (unpaired) electrons. The summed E-state index contributed by atoms with van der Waals surface area (Å²) in [5, 5.41) is 4.85. The minimum Gasteiger partial charge on any atom is -0.298 e. The molecule has 4 heteroatoms. The number of hydrogen-bond donors (Lipinski definition) is 0. The first-order valence-electron chi connectivity index (χ1n) is 5.33. The summed E-state index contributed by atoms with van der Waals surface area (Å²) in [5.41, 5.74) is 1.34. The fourth-order valence-electron chi connectivity index (χ4n) is 1.46. The molecule has 0 aliphatic heterocycles. The largest absolute Gasteiger partial charge is 0.298 e. The van der Waals surface area contributed by atoms with Gasteiger partial charge in [0.1, 0.15) is 5.15 Å². The van der Waals surface area contributed by atoms with Gasteiger partial charge in [-0.1, -0.05) is 38.8 Å². The molecule has 3 nitrogen and oxygen atoms in total. The molecule has 0 saturated carbocycles. The van der Waals surface area contributed by atoms with Crippen molar-refractivity contribution < 1.29 is 4.79 Å². The van der Waals surface area contributed by atoms with Gasteiger partial charge in [-0.2, -0.15) is 5.10 Å². The van der Waals surface area contributed by atoms with Crippen LogP contribution in [0.2, 0.25) is 5.15 Å². The van der Waals surface area contributed by atoms with Gasteiger partial charge in [-0.3, -0.25) is 9.48 Å². The highest BCUT2D eigenvalue weighted by Gasteiger charge is 2.17. The normalized spacial score (nSPS) is 11.0. The second kappa shape index (κ2) is 5.31. The maximum atomic E-state index is 10.9. The van der Waals surface area contributed by atoms with E-state index in [0.29, 0.717) is 10.7 Å². The van der Waals surface area contributed by atoms with Crippen molar-refractivity contribution in [3.05, 3.63) is 16.4 Å². The van der Waals surface area contributed by atoms with E-state index in [0.717, 1.165) is 31.4 Å². The van der Waals surface area contributed by atoms with Crippen molar-refractivity contribution in [2.24, 2.45) is 0 Å². The summed E-state index contributed by atoms with van der Waals surface area (Å²) in [5.74, 6) is 0.227. The quantitative estimate of drug-likeness (QED) is 0.725. The number of unbranched alkanes of at least 4 members (excludes halogenated alkanes) is 1. The third-order valence-corrected chi connectivity index (χ3v) is 2.74. The monoisotopic (exact) mass is 228 g/mol. The fourth-order valence-corrected chi connectivity index (χ4v) is 1.73. The van der Waals surface area contributed by atoms with Crippen LogP contribution in [-0.2, 0) is 6.54 Å². The molecule has 0 spiro atoms. The third-order valence-electron chi connectivity index (χ3n) is 2.34. The number of nitrogens with zero attached hydrogens (tertiary/aromatic N) is 2. The van der Waals surface area contributed by atoms with Gasteiger partial charge in [0.15, 0.2) is 6.29 Å². The van der Waals surface area contributed by atoms with Crippen LogP contribution in [0.5, 0.6) is 0 Å². The van der Waals surface area contributed by atoms with Gasteiger partial charge in [-0.15, -0.1) is 0 Å². The Balaban J connectivity index is 3.03. The number of hydrogen-bond acceptors (Lipinski definition) is 2. The first-order valence-corrected chi connectivity index (χ1v) is 5.71. The van der Waals surface area contributed by atoms with E-state index in [1.165, 1.54) is 0 Å². The Labute approximate surface area is 95.4 Å². The lowest BCUT2D eigenvalue weighted by Crippen LogP contribution is -2.01. The number of aldehydes is 1. The lowest BCUT2D eigenvalue weighted by molar-refractivity contribution is 0.112. The van der Waals surface area contributed by atoms with Gasteiger partial charge in [0.2, 0.25) is 0 Å². The Morgan fingerprint density at radius 3 is 2.60 bits per heavy atom. The number of aryl methyl sites for hydroxylation is 1. The highest BCUT2D eigenvalue weighted by Crippen LogP contribution is 2.24. The zero-order valence-electron chi connectivity index (χ0n) is 9.46. The molecular formula is C11H17ClN2O. The van der Waals surface area contributed by atoms with Crippen LogP contribution in [-0.4, -0.2) is 16.1 Å². The van der Waals surface area contributed by atoms with E-state index in [2.05, 4.69) is 12.0 Å². The summed E-state index contributed by atoms with van der Waals surface area (Å²) >= 11 is 6.08. The van der Waals surface area contributed by atoms with Gasteiger partial charge >= 0.3 is 0 Å². The van der Waals surface area contributed by atoms with Crippen LogP contribution in [0.15, 0.2) is 0 Å². The number of halogens is 1. The molecule has 15 heavy (non-hydrogen) atoms. The number of rotatable bonds is 5. The number of carbonyl (C=O) groups excluding carboxylic acids is 1. The molecule has 1 rings (SSSR count). The van der Waals surface area contributed by atoms with Crippen LogP contribution < -0.4 is 0 Å². The van der Waals surface area contributed by atoms with E-state index in [9.17, 15) is 4.79 Å². The van der Waals surface area contributed by atoms with Crippen LogP contribution in [0.3, 0.4) is 0 Å². The Morgan fingerprint density at radius 2 is 2.20 bits per heavy atom. The summed E-state index contributed by atoms with van der Waals surface area (Å²) in [7, 11) is 0. The first-order chi connectivity index (χ1) is 7.11. The Kier molecular flexibility index (Phi) is 4.33. The zero-order valence-corrected chi connectivity index (χ0v) is 10.2. The lowest BCUT2D eigenvalue weighted by atomic mass is 10.1. The summed E-state index contributed by atoms with van der Waals surface area (Å²) in [6, 6.07) is 0. The predicted octanol–water partition coefficient (Wildman–Crippen LogP) is 3.27. The molecule has 0 unspecified atom stereocenters. The maximum Gasteiger partial charge on any atom is 0.155 e. The fraction of sp³-hybridized carbons (Fsp3) is 0.636. The molecule has 84 valence electrons. The summed E-state index contributed by atoms with van der Waals surface area (Å²) in [6.07, 6.45) is 2.91. The number of carbonyl (C=O) groups is 1. The molecule has 1 aromatic rings. The van der Waals surface area contributed by atoms with Crippen LogP contribution in [0, 0.1) is 0 Å². The molecule has 0 aromatic carbocycles. The van der Waals surface area contributed by atoms with Crippen LogP contribution in [0.1, 0.15) is 55.6 Å². The average Bonchev–Trinajstić information content (AvgIpc) is 2.52. The molecule has 0 aliphatic carbocycles. The summed E-state index contributed by atoms with van der Waals surface area (Å²) < 4.78 is 1.73. The van der Waals surface area contributed by atoms with Gasteiger partial charge in [0.25, 0.3) is 0 Å². The second-order valence-corrected chi connectivity index (χ2v) is 4.30. The van der Waals surface area contributed by atoms with Crippen molar-refractivity contribution in [2.75, 3.05) is 0 Å². The summed E-state index contributed by atoms with van der Waals surface area (Å²) in [4.78, 5) is 10.9. The van der Waals surface area contributed by atoms with E-state index in [1.807, 2.05) is 13.8 Å². The van der Waals surface area contributed by atoms with Gasteiger partial charge in [0.05, 0.1) is 11.3 Å².